The van der Waals surface area contributed by atoms with Gasteiger partial charge in [0.05, 0.1) is 5.92 Å². The molecule has 2 aromatic rings. The molecule has 1 atom stereocenters. The van der Waals surface area contributed by atoms with Gasteiger partial charge in [-0.3, -0.25) is 9.59 Å². The lowest BCUT2D eigenvalue weighted by atomic mass is 9.98. The van der Waals surface area contributed by atoms with Crippen molar-refractivity contribution in [2.24, 2.45) is 5.92 Å². The Labute approximate surface area is 136 Å². The molecule has 0 spiro atoms. The first-order valence-electron chi connectivity index (χ1n) is 7.68. The molecule has 116 valence electrons. The van der Waals surface area contributed by atoms with Gasteiger partial charge in [-0.2, -0.15) is 0 Å². The van der Waals surface area contributed by atoms with Crippen molar-refractivity contribution in [3.05, 3.63) is 71.3 Å². The maximum Gasteiger partial charge on any atom is 0.174 e. The highest BCUT2D eigenvalue weighted by molar-refractivity contribution is 6.17. The lowest BCUT2D eigenvalue weighted by molar-refractivity contribution is -0.116. The Kier molecular flexibility index (Phi) is 4.11. The second kappa shape index (κ2) is 6.21. The largest absolute Gasteiger partial charge is 0.377 e. The molecule has 3 heteroatoms. The summed E-state index contributed by atoms with van der Waals surface area (Å²) in [6.07, 6.45) is 3.85. The Morgan fingerprint density at radius 3 is 2.52 bits per heavy atom. The summed E-state index contributed by atoms with van der Waals surface area (Å²) in [5.41, 5.74) is 3.66. The van der Waals surface area contributed by atoms with Crippen molar-refractivity contribution in [1.82, 2.24) is 0 Å². The first-order chi connectivity index (χ1) is 11.1. The predicted octanol–water partition coefficient (Wildman–Crippen LogP) is 3.39. The summed E-state index contributed by atoms with van der Waals surface area (Å²) >= 11 is 0. The van der Waals surface area contributed by atoms with Crippen molar-refractivity contribution >= 4 is 23.3 Å². The van der Waals surface area contributed by atoms with Gasteiger partial charge >= 0.3 is 0 Å². The van der Waals surface area contributed by atoms with Gasteiger partial charge in [0.2, 0.25) is 0 Å². The molecule has 0 saturated heterocycles. The average Bonchev–Trinajstić information content (AvgIpc) is 2.90. The maximum atomic E-state index is 12.5. The van der Waals surface area contributed by atoms with Crippen molar-refractivity contribution in [3.63, 3.8) is 0 Å². The van der Waals surface area contributed by atoms with Crippen molar-refractivity contribution in [3.8, 4) is 0 Å². The van der Waals surface area contributed by atoms with Crippen LogP contribution < -0.4 is 4.90 Å². The van der Waals surface area contributed by atoms with Crippen molar-refractivity contribution in [1.29, 1.82) is 0 Å². The second-order valence-electron chi connectivity index (χ2n) is 5.97. The third-order valence-corrected chi connectivity index (χ3v) is 4.21. The molecular weight excluding hydrogens is 286 g/mol. The van der Waals surface area contributed by atoms with Gasteiger partial charge in [0.15, 0.2) is 11.6 Å². The van der Waals surface area contributed by atoms with E-state index in [-0.39, 0.29) is 11.6 Å². The Balaban J connectivity index is 1.80. The van der Waals surface area contributed by atoms with Crippen LogP contribution in [-0.2, 0) is 11.2 Å². The Bertz CT molecular complexity index is 790. The topological polar surface area (TPSA) is 37.4 Å². The summed E-state index contributed by atoms with van der Waals surface area (Å²) in [6.45, 7) is 0. The number of para-hydroxylation sites is 1. The minimum absolute atomic E-state index is 0.0591. The van der Waals surface area contributed by atoms with Crippen LogP contribution in [0.3, 0.4) is 0 Å². The molecule has 2 aromatic carbocycles. The number of fused-ring (bicyclic) bond motifs is 1. The molecule has 0 amide bonds. The zero-order chi connectivity index (χ0) is 16.4. The molecule has 0 bridgehead atoms. The van der Waals surface area contributed by atoms with Crippen LogP contribution in [0.5, 0.6) is 0 Å². The Morgan fingerprint density at radius 1 is 1.09 bits per heavy atom. The lowest BCUT2D eigenvalue weighted by Crippen LogP contribution is -2.18. The van der Waals surface area contributed by atoms with Crippen LogP contribution in [0, 0.1) is 5.92 Å². The monoisotopic (exact) mass is 305 g/mol. The standard InChI is InChI=1S/C20H19NO2/c1-21(2)18-10-6-4-7-14(18)11-12-19(22)17-13-15-8-3-5-9-16(15)20(17)23/h3-12,17H,13H2,1-2H3/b12-11+. The highest BCUT2D eigenvalue weighted by Crippen LogP contribution is 2.28. The van der Waals surface area contributed by atoms with E-state index in [2.05, 4.69) is 0 Å². The summed E-state index contributed by atoms with van der Waals surface area (Å²) in [4.78, 5) is 26.8. The van der Waals surface area contributed by atoms with Gasteiger partial charge in [-0.05, 0) is 35.8 Å². The minimum atomic E-state index is -0.574. The molecule has 0 aromatic heterocycles. The molecular formula is C20H19NO2. The molecule has 1 aliphatic rings. The quantitative estimate of drug-likeness (QED) is 0.642. The van der Waals surface area contributed by atoms with Gasteiger partial charge in [-0.15, -0.1) is 0 Å². The van der Waals surface area contributed by atoms with E-state index in [1.165, 1.54) is 6.08 Å². The number of Topliss-reactive ketones (excluding diaryl/α,β-unsaturated/α-hetero) is 1. The van der Waals surface area contributed by atoms with Gasteiger partial charge in [-0.1, -0.05) is 42.5 Å². The first-order valence-corrected chi connectivity index (χ1v) is 7.68. The molecule has 0 saturated carbocycles. The third kappa shape index (κ3) is 2.95. The van der Waals surface area contributed by atoms with Crippen LogP contribution in [0.25, 0.3) is 6.08 Å². The Hall–Kier alpha value is -2.68. The Morgan fingerprint density at radius 2 is 1.78 bits per heavy atom. The van der Waals surface area contributed by atoms with Crippen LogP contribution in [-0.4, -0.2) is 25.7 Å². The third-order valence-electron chi connectivity index (χ3n) is 4.21. The molecule has 3 nitrogen and oxygen atoms in total. The van der Waals surface area contributed by atoms with Crippen LogP contribution >= 0.6 is 0 Å². The summed E-state index contributed by atoms with van der Waals surface area (Å²) in [5.74, 6) is -0.758. The fourth-order valence-electron chi connectivity index (χ4n) is 2.99. The highest BCUT2D eigenvalue weighted by Gasteiger charge is 2.33. The summed E-state index contributed by atoms with van der Waals surface area (Å²) in [7, 11) is 3.93. The van der Waals surface area contributed by atoms with Crippen molar-refractivity contribution < 1.29 is 9.59 Å². The molecule has 3 rings (SSSR count). The molecule has 23 heavy (non-hydrogen) atoms. The number of hydrogen-bond acceptors (Lipinski definition) is 3. The van der Waals surface area contributed by atoms with Crippen molar-refractivity contribution in [2.45, 2.75) is 6.42 Å². The van der Waals surface area contributed by atoms with E-state index < -0.39 is 5.92 Å². The number of benzene rings is 2. The molecule has 1 aliphatic carbocycles. The molecule has 0 radical (unpaired) electrons. The van der Waals surface area contributed by atoms with E-state index in [1.54, 1.807) is 12.1 Å². The lowest BCUT2D eigenvalue weighted by Gasteiger charge is -2.15. The molecule has 0 heterocycles. The number of anilines is 1. The fourth-order valence-corrected chi connectivity index (χ4v) is 2.99. The van der Waals surface area contributed by atoms with Crippen LogP contribution in [0.1, 0.15) is 21.5 Å². The van der Waals surface area contributed by atoms with Crippen LogP contribution in [0.4, 0.5) is 5.69 Å². The van der Waals surface area contributed by atoms with Gasteiger partial charge in [0, 0.05) is 25.3 Å². The normalized spacial score (nSPS) is 16.6. The second-order valence-corrected chi connectivity index (χ2v) is 5.97. The van der Waals surface area contributed by atoms with E-state index in [9.17, 15) is 9.59 Å². The fraction of sp³-hybridized carbons (Fsp3) is 0.200. The van der Waals surface area contributed by atoms with Gasteiger partial charge in [0.25, 0.3) is 0 Å². The van der Waals surface area contributed by atoms with Crippen LogP contribution in [0.15, 0.2) is 54.6 Å². The molecule has 0 fully saturated rings. The number of allylic oxidation sites excluding steroid dienone is 1. The summed E-state index contributed by atoms with van der Waals surface area (Å²) in [6, 6.07) is 15.3. The number of hydrogen-bond donors (Lipinski definition) is 0. The zero-order valence-electron chi connectivity index (χ0n) is 13.3. The maximum absolute atomic E-state index is 12.5. The van der Waals surface area contributed by atoms with Gasteiger partial charge in [0.1, 0.15) is 0 Å². The zero-order valence-corrected chi connectivity index (χ0v) is 13.3. The van der Waals surface area contributed by atoms with E-state index in [0.717, 1.165) is 16.8 Å². The first kappa shape index (κ1) is 15.2. The van der Waals surface area contributed by atoms with Crippen LogP contribution in [0.2, 0.25) is 0 Å². The average molecular weight is 305 g/mol. The highest BCUT2D eigenvalue weighted by atomic mass is 16.2. The number of rotatable bonds is 4. The van der Waals surface area contributed by atoms with E-state index in [4.69, 9.17) is 0 Å². The number of carbonyl (C=O) groups excluding carboxylic acids is 2. The summed E-state index contributed by atoms with van der Waals surface area (Å²) < 4.78 is 0. The predicted molar refractivity (Wildman–Crippen MR) is 92.8 cm³/mol. The summed E-state index contributed by atoms with van der Waals surface area (Å²) in [5, 5.41) is 0. The van der Waals surface area contributed by atoms with Gasteiger partial charge in [-0.25, -0.2) is 0 Å². The van der Waals surface area contributed by atoms with Crippen molar-refractivity contribution in [2.75, 3.05) is 19.0 Å². The number of carbonyl (C=O) groups is 2. The molecule has 1 unspecified atom stereocenters. The number of ketones is 2. The van der Waals surface area contributed by atoms with E-state index in [0.29, 0.717) is 12.0 Å². The SMILES string of the molecule is CN(C)c1ccccc1/C=C/C(=O)C1Cc2ccccc2C1=O. The number of nitrogens with zero attached hydrogens (tertiary/aromatic N) is 1. The van der Waals surface area contributed by atoms with Gasteiger partial charge < -0.3 is 4.90 Å². The van der Waals surface area contributed by atoms with E-state index >= 15 is 0 Å². The van der Waals surface area contributed by atoms with E-state index in [1.807, 2.05) is 61.5 Å². The molecule has 0 N–H and O–H groups in total. The smallest absolute Gasteiger partial charge is 0.174 e. The molecule has 0 aliphatic heterocycles. The minimum Gasteiger partial charge on any atom is -0.377 e.